The summed E-state index contributed by atoms with van der Waals surface area (Å²) in [5.41, 5.74) is 0. The second-order valence-electron chi connectivity index (χ2n) is 4.19. The zero-order chi connectivity index (χ0) is 10.7. The summed E-state index contributed by atoms with van der Waals surface area (Å²) in [5, 5.41) is 5.83. The van der Waals surface area contributed by atoms with Crippen LogP contribution in [0.1, 0.15) is 19.3 Å². The third-order valence-electron chi connectivity index (χ3n) is 3.16. The highest BCUT2D eigenvalue weighted by molar-refractivity contribution is 6.01. The third kappa shape index (κ3) is 2.47. The Morgan fingerprint density at radius 3 is 2.60 bits per heavy atom. The van der Waals surface area contributed by atoms with E-state index in [0.29, 0.717) is 12.5 Å². The Kier molecular flexibility index (Phi) is 3.20. The summed E-state index contributed by atoms with van der Waals surface area (Å²) in [6.45, 7) is 2.87. The van der Waals surface area contributed by atoms with Crippen LogP contribution in [0.5, 0.6) is 0 Å². The van der Waals surface area contributed by atoms with Crippen molar-refractivity contribution < 1.29 is 9.59 Å². The second-order valence-corrected chi connectivity index (χ2v) is 4.19. The summed E-state index contributed by atoms with van der Waals surface area (Å²) < 4.78 is 0. The van der Waals surface area contributed by atoms with Gasteiger partial charge < -0.3 is 10.6 Å². The van der Waals surface area contributed by atoms with Crippen LogP contribution in [-0.4, -0.2) is 43.0 Å². The maximum atomic E-state index is 11.3. The number of carbonyl (C=O) groups is 2. The molecule has 0 aromatic rings. The number of hydrogen-bond acceptors (Lipinski definition) is 3. The molecule has 5 heteroatoms. The zero-order valence-electron chi connectivity index (χ0n) is 8.79. The fourth-order valence-electron chi connectivity index (χ4n) is 2.16. The van der Waals surface area contributed by atoms with E-state index in [0.717, 1.165) is 32.4 Å². The molecule has 2 saturated heterocycles. The monoisotopic (exact) mass is 211 g/mol. The number of rotatable bonds is 3. The van der Waals surface area contributed by atoms with Gasteiger partial charge in [0.15, 0.2) is 0 Å². The lowest BCUT2D eigenvalue weighted by Gasteiger charge is -2.24. The third-order valence-corrected chi connectivity index (χ3v) is 3.16. The van der Waals surface area contributed by atoms with Crippen molar-refractivity contribution in [3.05, 3.63) is 0 Å². The van der Waals surface area contributed by atoms with Gasteiger partial charge in [0.05, 0.1) is 6.54 Å². The summed E-state index contributed by atoms with van der Waals surface area (Å²) in [6, 6.07) is -0.228. The molecule has 0 bridgehead atoms. The molecule has 2 fully saturated rings. The number of amides is 3. The molecule has 15 heavy (non-hydrogen) atoms. The summed E-state index contributed by atoms with van der Waals surface area (Å²) in [5.74, 6) is 0.571. The number of nitrogens with zero attached hydrogens (tertiary/aromatic N) is 1. The molecule has 0 spiro atoms. The van der Waals surface area contributed by atoms with E-state index in [-0.39, 0.29) is 18.5 Å². The molecule has 0 unspecified atom stereocenters. The van der Waals surface area contributed by atoms with Crippen LogP contribution in [0, 0.1) is 5.92 Å². The number of nitrogens with one attached hydrogen (secondary N) is 2. The van der Waals surface area contributed by atoms with Gasteiger partial charge in [-0.05, 0) is 38.3 Å². The Balaban J connectivity index is 1.76. The minimum absolute atomic E-state index is 0.0889. The van der Waals surface area contributed by atoms with Crippen molar-refractivity contribution in [1.82, 2.24) is 15.5 Å². The van der Waals surface area contributed by atoms with E-state index in [1.165, 1.54) is 4.90 Å². The van der Waals surface area contributed by atoms with Gasteiger partial charge in [0, 0.05) is 6.54 Å². The van der Waals surface area contributed by atoms with E-state index < -0.39 is 0 Å². The molecule has 0 aromatic carbocycles. The maximum Gasteiger partial charge on any atom is 0.324 e. The van der Waals surface area contributed by atoms with E-state index in [1.807, 2.05) is 0 Å². The van der Waals surface area contributed by atoms with E-state index in [4.69, 9.17) is 0 Å². The van der Waals surface area contributed by atoms with Gasteiger partial charge in [0.1, 0.15) is 0 Å². The van der Waals surface area contributed by atoms with Crippen LogP contribution in [0.2, 0.25) is 0 Å². The van der Waals surface area contributed by atoms with Crippen molar-refractivity contribution in [2.24, 2.45) is 5.92 Å². The van der Waals surface area contributed by atoms with Crippen LogP contribution < -0.4 is 10.6 Å². The fourth-order valence-corrected chi connectivity index (χ4v) is 2.16. The largest absolute Gasteiger partial charge is 0.329 e. The molecule has 3 amide bonds. The van der Waals surface area contributed by atoms with E-state index in [9.17, 15) is 9.59 Å². The predicted octanol–water partition coefficient (Wildman–Crippen LogP) is -0.0721. The molecule has 2 rings (SSSR count). The molecule has 2 aliphatic rings. The Bertz CT molecular complexity index is 245. The summed E-state index contributed by atoms with van der Waals surface area (Å²) in [7, 11) is 0. The lowest BCUT2D eigenvalue weighted by Crippen LogP contribution is -2.35. The number of hydrogen-bond donors (Lipinski definition) is 2. The minimum Gasteiger partial charge on any atom is -0.329 e. The smallest absolute Gasteiger partial charge is 0.324 e. The van der Waals surface area contributed by atoms with Crippen LogP contribution in [-0.2, 0) is 4.79 Å². The van der Waals surface area contributed by atoms with Gasteiger partial charge in [0.25, 0.3) is 0 Å². The van der Waals surface area contributed by atoms with Crippen LogP contribution in [0.15, 0.2) is 0 Å². The average Bonchev–Trinajstić information content (AvgIpc) is 2.58. The highest BCUT2D eigenvalue weighted by Gasteiger charge is 2.28. The van der Waals surface area contributed by atoms with Crippen molar-refractivity contribution in [3.63, 3.8) is 0 Å². The highest BCUT2D eigenvalue weighted by atomic mass is 16.2. The van der Waals surface area contributed by atoms with Gasteiger partial charge in [-0.25, -0.2) is 4.79 Å². The van der Waals surface area contributed by atoms with Crippen molar-refractivity contribution in [2.75, 3.05) is 26.2 Å². The molecule has 2 heterocycles. The normalized spacial score (nSPS) is 23.3. The minimum atomic E-state index is -0.228. The first kappa shape index (κ1) is 10.4. The van der Waals surface area contributed by atoms with Crippen LogP contribution in [0.4, 0.5) is 4.79 Å². The Morgan fingerprint density at radius 1 is 1.27 bits per heavy atom. The summed E-state index contributed by atoms with van der Waals surface area (Å²) in [4.78, 5) is 23.9. The summed E-state index contributed by atoms with van der Waals surface area (Å²) >= 11 is 0. The number of imide groups is 1. The fraction of sp³-hybridized carbons (Fsp3) is 0.800. The topological polar surface area (TPSA) is 61.4 Å². The van der Waals surface area contributed by atoms with Gasteiger partial charge in [-0.2, -0.15) is 0 Å². The zero-order valence-corrected chi connectivity index (χ0v) is 8.79. The molecule has 2 aliphatic heterocycles. The molecular formula is C10H17N3O2. The Labute approximate surface area is 89.2 Å². The Hall–Kier alpha value is -1.10. The predicted molar refractivity (Wildman–Crippen MR) is 55.3 cm³/mol. The van der Waals surface area contributed by atoms with Crippen molar-refractivity contribution in [1.29, 1.82) is 0 Å². The lowest BCUT2D eigenvalue weighted by molar-refractivity contribution is -0.125. The van der Waals surface area contributed by atoms with Crippen molar-refractivity contribution >= 4 is 11.9 Å². The first-order valence-electron chi connectivity index (χ1n) is 5.56. The molecule has 2 N–H and O–H groups in total. The average molecular weight is 211 g/mol. The van der Waals surface area contributed by atoms with Crippen LogP contribution in [0.3, 0.4) is 0 Å². The number of piperidine rings is 1. The molecule has 0 saturated carbocycles. The van der Waals surface area contributed by atoms with Gasteiger partial charge >= 0.3 is 6.03 Å². The van der Waals surface area contributed by atoms with Crippen LogP contribution in [0.25, 0.3) is 0 Å². The highest BCUT2D eigenvalue weighted by Crippen LogP contribution is 2.16. The van der Waals surface area contributed by atoms with Crippen LogP contribution >= 0.6 is 0 Å². The van der Waals surface area contributed by atoms with Gasteiger partial charge in [-0.1, -0.05) is 0 Å². The molecule has 0 radical (unpaired) electrons. The second kappa shape index (κ2) is 4.61. The molecule has 84 valence electrons. The maximum absolute atomic E-state index is 11.3. The van der Waals surface area contributed by atoms with E-state index in [1.54, 1.807) is 0 Å². The molecule has 0 atom stereocenters. The standard InChI is InChI=1S/C10H17N3O2/c14-9-7-12-10(15)13(9)6-3-8-1-4-11-5-2-8/h8,11H,1-7H2,(H,12,15). The number of carbonyl (C=O) groups excluding carboxylic acids is 2. The number of urea groups is 1. The quantitative estimate of drug-likeness (QED) is 0.642. The summed E-state index contributed by atoms with van der Waals surface area (Å²) in [6.07, 6.45) is 3.26. The lowest BCUT2D eigenvalue weighted by atomic mass is 9.94. The molecule has 0 aromatic heterocycles. The van der Waals surface area contributed by atoms with Gasteiger partial charge in [-0.3, -0.25) is 9.69 Å². The van der Waals surface area contributed by atoms with Crippen molar-refractivity contribution in [3.8, 4) is 0 Å². The first-order chi connectivity index (χ1) is 7.27. The molecular weight excluding hydrogens is 194 g/mol. The van der Waals surface area contributed by atoms with Gasteiger partial charge in [-0.15, -0.1) is 0 Å². The van der Waals surface area contributed by atoms with Gasteiger partial charge in [0.2, 0.25) is 5.91 Å². The van der Waals surface area contributed by atoms with Crippen molar-refractivity contribution in [2.45, 2.75) is 19.3 Å². The first-order valence-corrected chi connectivity index (χ1v) is 5.56. The van der Waals surface area contributed by atoms with E-state index in [2.05, 4.69) is 10.6 Å². The molecule has 5 nitrogen and oxygen atoms in total. The SMILES string of the molecule is O=C1CNC(=O)N1CCC1CCNCC1. The molecule has 0 aliphatic carbocycles. The Morgan fingerprint density at radius 2 is 2.00 bits per heavy atom. The van der Waals surface area contributed by atoms with E-state index >= 15 is 0 Å².